The van der Waals surface area contributed by atoms with Crippen molar-refractivity contribution in [3.63, 3.8) is 0 Å². The first-order valence-corrected chi connectivity index (χ1v) is 10.2. The van der Waals surface area contributed by atoms with Crippen molar-refractivity contribution < 1.29 is 17.2 Å². The van der Waals surface area contributed by atoms with Crippen LogP contribution in [0.25, 0.3) is 0 Å². The second-order valence-corrected chi connectivity index (χ2v) is 8.65. The standard InChI is InChI=1S/C16H24F2N4O2S2/c1-20(2)7-3-6-19-16(25)21-8-10-22(11-9-21)26(23,24)15-5-4-13(17)12-14(15)18/h4-5,12H,3,6-11H2,1-2H3,(H,19,25). The Kier molecular flexibility index (Phi) is 7.27. The summed E-state index contributed by atoms with van der Waals surface area (Å²) in [6.45, 7) is 2.92. The highest BCUT2D eigenvalue weighted by Gasteiger charge is 2.31. The van der Waals surface area contributed by atoms with Crippen LogP contribution >= 0.6 is 12.2 Å². The zero-order chi connectivity index (χ0) is 19.3. The van der Waals surface area contributed by atoms with Gasteiger partial charge in [-0.2, -0.15) is 4.31 Å². The number of nitrogens with zero attached hydrogens (tertiary/aromatic N) is 3. The number of sulfonamides is 1. The van der Waals surface area contributed by atoms with Crippen LogP contribution < -0.4 is 5.32 Å². The molecular formula is C16H24F2N4O2S2. The predicted octanol–water partition coefficient (Wildman–Crippen LogP) is 1.10. The SMILES string of the molecule is CN(C)CCCNC(=S)N1CCN(S(=O)(=O)c2ccc(F)cc2F)CC1. The van der Waals surface area contributed by atoms with Gasteiger partial charge in [-0.15, -0.1) is 0 Å². The van der Waals surface area contributed by atoms with Crippen molar-refractivity contribution in [3.8, 4) is 0 Å². The number of hydrogen-bond acceptors (Lipinski definition) is 4. The van der Waals surface area contributed by atoms with Crippen LogP contribution in [-0.4, -0.2) is 81.0 Å². The molecule has 1 N–H and O–H groups in total. The summed E-state index contributed by atoms with van der Waals surface area (Å²) in [5.41, 5.74) is 0. The van der Waals surface area contributed by atoms with Crippen molar-refractivity contribution in [1.29, 1.82) is 0 Å². The fraction of sp³-hybridized carbons (Fsp3) is 0.562. The summed E-state index contributed by atoms with van der Waals surface area (Å²) in [5.74, 6) is -1.89. The molecule has 1 aliphatic rings. The van der Waals surface area contributed by atoms with Gasteiger partial charge in [0, 0.05) is 38.8 Å². The highest BCUT2D eigenvalue weighted by Crippen LogP contribution is 2.21. The zero-order valence-corrected chi connectivity index (χ0v) is 16.5. The van der Waals surface area contributed by atoms with Gasteiger partial charge in [0.05, 0.1) is 0 Å². The fourth-order valence-electron chi connectivity index (χ4n) is 2.66. The third-order valence-electron chi connectivity index (χ3n) is 4.10. The van der Waals surface area contributed by atoms with E-state index in [9.17, 15) is 17.2 Å². The maximum absolute atomic E-state index is 13.8. The summed E-state index contributed by atoms with van der Waals surface area (Å²) in [6, 6.07) is 2.48. The van der Waals surface area contributed by atoms with E-state index >= 15 is 0 Å². The molecule has 0 bridgehead atoms. The molecule has 1 aliphatic heterocycles. The van der Waals surface area contributed by atoms with Crippen LogP contribution in [0.2, 0.25) is 0 Å². The Morgan fingerprint density at radius 2 is 1.88 bits per heavy atom. The van der Waals surface area contributed by atoms with E-state index in [0.717, 1.165) is 31.6 Å². The zero-order valence-electron chi connectivity index (χ0n) is 14.9. The van der Waals surface area contributed by atoms with Crippen LogP contribution in [0.1, 0.15) is 6.42 Å². The molecule has 1 saturated heterocycles. The molecule has 2 rings (SSSR count). The topological polar surface area (TPSA) is 55.9 Å². The Bertz CT molecular complexity index is 736. The van der Waals surface area contributed by atoms with Gasteiger partial charge >= 0.3 is 0 Å². The molecule has 0 aromatic heterocycles. The van der Waals surface area contributed by atoms with Gasteiger partial charge in [-0.05, 0) is 51.4 Å². The molecule has 6 nitrogen and oxygen atoms in total. The summed E-state index contributed by atoms with van der Waals surface area (Å²) in [6.07, 6.45) is 0.950. The van der Waals surface area contributed by atoms with E-state index in [0.29, 0.717) is 24.3 Å². The van der Waals surface area contributed by atoms with E-state index in [1.54, 1.807) is 0 Å². The second kappa shape index (κ2) is 9.03. The molecule has 0 saturated carbocycles. The normalized spacial score (nSPS) is 16.1. The first-order chi connectivity index (χ1) is 12.2. The third kappa shape index (κ3) is 5.32. The number of benzene rings is 1. The van der Waals surface area contributed by atoms with Gasteiger partial charge in [-0.25, -0.2) is 17.2 Å². The van der Waals surface area contributed by atoms with Gasteiger partial charge in [-0.1, -0.05) is 0 Å². The summed E-state index contributed by atoms with van der Waals surface area (Å²) < 4.78 is 53.2. The molecule has 1 fully saturated rings. The lowest BCUT2D eigenvalue weighted by Crippen LogP contribution is -2.53. The van der Waals surface area contributed by atoms with Crippen molar-refractivity contribution in [2.75, 3.05) is 53.4 Å². The average molecular weight is 407 g/mol. The molecule has 10 heteroatoms. The number of piperazine rings is 1. The lowest BCUT2D eigenvalue weighted by Gasteiger charge is -2.35. The summed E-state index contributed by atoms with van der Waals surface area (Å²) in [7, 11) is 0.0106. The van der Waals surface area contributed by atoms with Gasteiger partial charge in [-0.3, -0.25) is 0 Å². The van der Waals surface area contributed by atoms with Crippen molar-refractivity contribution in [3.05, 3.63) is 29.8 Å². The summed E-state index contributed by atoms with van der Waals surface area (Å²) in [5, 5.41) is 3.76. The van der Waals surface area contributed by atoms with E-state index in [4.69, 9.17) is 12.2 Å². The smallest absolute Gasteiger partial charge is 0.246 e. The number of hydrogen-bond donors (Lipinski definition) is 1. The van der Waals surface area contributed by atoms with Gasteiger partial charge in [0.2, 0.25) is 10.0 Å². The van der Waals surface area contributed by atoms with E-state index < -0.39 is 26.6 Å². The molecule has 26 heavy (non-hydrogen) atoms. The molecule has 0 unspecified atom stereocenters. The molecule has 0 amide bonds. The number of halogens is 2. The Morgan fingerprint density at radius 1 is 1.23 bits per heavy atom. The quantitative estimate of drug-likeness (QED) is 0.564. The maximum Gasteiger partial charge on any atom is 0.246 e. The third-order valence-corrected chi connectivity index (χ3v) is 6.43. The van der Waals surface area contributed by atoms with E-state index in [2.05, 4.69) is 10.2 Å². The minimum atomic E-state index is -3.99. The molecule has 0 radical (unpaired) electrons. The van der Waals surface area contributed by atoms with Crippen LogP contribution in [0.4, 0.5) is 8.78 Å². The minimum absolute atomic E-state index is 0.193. The average Bonchev–Trinajstić information content (AvgIpc) is 2.58. The summed E-state index contributed by atoms with van der Waals surface area (Å²) >= 11 is 5.35. The lowest BCUT2D eigenvalue weighted by molar-refractivity contribution is 0.263. The van der Waals surface area contributed by atoms with Crippen molar-refractivity contribution in [2.24, 2.45) is 0 Å². The molecule has 0 atom stereocenters. The number of rotatable bonds is 6. The Hall–Kier alpha value is -1.36. The number of thiocarbonyl (C=S) groups is 1. The first kappa shape index (κ1) is 20.9. The van der Waals surface area contributed by atoms with Crippen LogP contribution in [0.5, 0.6) is 0 Å². The highest BCUT2D eigenvalue weighted by molar-refractivity contribution is 7.89. The second-order valence-electron chi connectivity index (χ2n) is 6.35. The Morgan fingerprint density at radius 3 is 2.46 bits per heavy atom. The molecule has 1 aromatic rings. The highest BCUT2D eigenvalue weighted by atomic mass is 32.2. The van der Waals surface area contributed by atoms with Gasteiger partial charge in [0.1, 0.15) is 16.5 Å². The molecule has 1 aromatic carbocycles. The van der Waals surface area contributed by atoms with E-state index in [1.807, 2.05) is 19.0 Å². The van der Waals surface area contributed by atoms with Crippen LogP contribution in [0.3, 0.4) is 0 Å². The van der Waals surface area contributed by atoms with Crippen molar-refractivity contribution in [1.82, 2.24) is 19.4 Å². The monoisotopic (exact) mass is 406 g/mol. The Balaban J connectivity index is 1.90. The maximum atomic E-state index is 13.8. The number of nitrogens with one attached hydrogen (secondary N) is 1. The molecule has 1 heterocycles. The van der Waals surface area contributed by atoms with E-state index in [-0.39, 0.29) is 13.1 Å². The first-order valence-electron chi connectivity index (χ1n) is 8.34. The van der Waals surface area contributed by atoms with Crippen molar-refractivity contribution in [2.45, 2.75) is 11.3 Å². The largest absolute Gasteiger partial charge is 0.363 e. The van der Waals surface area contributed by atoms with Crippen LogP contribution in [0.15, 0.2) is 23.1 Å². The fourth-order valence-corrected chi connectivity index (χ4v) is 4.41. The summed E-state index contributed by atoms with van der Waals surface area (Å²) in [4.78, 5) is 3.48. The predicted molar refractivity (Wildman–Crippen MR) is 100 cm³/mol. The molecule has 146 valence electrons. The minimum Gasteiger partial charge on any atom is -0.363 e. The molecule has 0 aliphatic carbocycles. The van der Waals surface area contributed by atoms with Gasteiger partial charge < -0.3 is 15.1 Å². The molecular weight excluding hydrogens is 382 g/mol. The van der Waals surface area contributed by atoms with Crippen LogP contribution in [0, 0.1) is 11.6 Å². The van der Waals surface area contributed by atoms with Gasteiger partial charge in [0.25, 0.3) is 0 Å². The van der Waals surface area contributed by atoms with Gasteiger partial charge in [0.15, 0.2) is 5.11 Å². The van der Waals surface area contributed by atoms with Crippen molar-refractivity contribution >= 4 is 27.4 Å². The molecule has 0 spiro atoms. The Labute approximate surface area is 158 Å². The van der Waals surface area contributed by atoms with E-state index in [1.165, 1.54) is 4.31 Å². The lowest BCUT2D eigenvalue weighted by atomic mass is 10.3. The van der Waals surface area contributed by atoms with Crippen LogP contribution in [-0.2, 0) is 10.0 Å².